The zero-order chi connectivity index (χ0) is 15.8. The Hall–Kier alpha value is -0.0400. The number of rotatable bonds is 8. The second-order valence-electron chi connectivity index (χ2n) is 8.32. The van der Waals surface area contributed by atoms with Crippen molar-refractivity contribution in [1.29, 1.82) is 0 Å². The molecule has 0 atom stereocenters. The predicted molar refractivity (Wildman–Crippen MR) is 95.9 cm³/mol. The predicted octanol–water partition coefficient (Wildman–Crippen LogP) is 6.20. The van der Waals surface area contributed by atoms with E-state index in [1.54, 1.807) is 0 Å². The molecule has 0 radical (unpaired) electrons. The van der Waals surface area contributed by atoms with Crippen LogP contribution >= 0.6 is 0 Å². The largest absolute Gasteiger partial charge is 0.396 e. The Labute approximate surface area is 139 Å². The van der Waals surface area contributed by atoms with E-state index in [1.165, 1.54) is 77.0 Å². The summed E-state index contributed by atoms with van der Waals surface area (Å²) in [5.41, 5.74) is 0. The smallest absolute Gasteiger partial charge is 0.0433 e. The Balaban J connectivity index is 1.82. The highest BCUT2D eigenvalue weighted by Crippen LogP contribution is 2.44. The Morgan fingerprint density at radius 2 is 1.14 bits per heavy atom. The summed E-state index contributed by atoms with van der Waals surface area (Å²) in [6.45, 7) is 5.07. The average Bonchev–Trinajstić information content (AvgIpc) is 2.55. The highest BCUT2D eigenvalue weighted by molar-refractivity contribution is 4.85. The molecule has 2 saturated carbocycles. The van der Waals surface area contributed by atoms with Gasteiger partial charge in [-0.2, -0.15) is 0 Å². The standard InChI is InChI=1S/C21H40O/c1-3-5-17-7-11-19(12-8-17)21(15-16-22)20-13-9-18(6-4-2)10-14-20/h17-22H,3-16H2,1-2H3. The molecule has 1 N–H and O–H groups in total. The van der Waals surface area contributed by atoms with Gasteiger partial charge in [0.15, 0.2) is 0 Å². The zero-order valence-electron chi connectivity index (χ0n) is 15.2. The average molecular weight is 309 g/mol. The van der Waals surface area contributed by atoms with Crippen molar-refractivity contribution in [2.24, 2.45) is 29.6 Å². The third-order valence-electron chi connectivity index (χ3n) is 6.85. The molecule has 0 aromatic carbocycles. The van der Waals surface area contributed by atoms with Gasteiger partial charge >= 0.3 is 0 Å². The van der Waals surface area contributed by atoms with Crippen LogP contribution in [0.1, 0.15) is 97.3 Å². The molecule has 130 valence electrons. The molecule has 0 aromatic heterocycles. The Bertz CT molecular complexity index is 246. The second kappa shape index (κ2) is 9.96. The van der Waals surface area contributed by atoms with E-state index < -0.39 is 0 Å². The van der Waals surface area contributed by atoms with Gasteiger partial charge in [-0.25, -0.2) is 0 Å². The maximum Gasteiger partial charge on any atom is 0.0433 e. The molecule has 1 heteroatoms. The van der Waals surface area contributed by atoms with Crippen molar-refractivity contribution in [1.82, 2.24) is 0 Å². The molecule has 22 heavy (non-hydrogen) atoms. The van der Waals surface area contributed by atoms with Crippen LogP contribution < -0.4 is 0 Å². The fourth-order valence-electron chi connectivity index (χ4n) is 5.63. The quantitative estimate of drug-likeness (QED) is 0.566. The van der Waals surface area contributed by atoms with Gasteiger partial charge in [0.2, 0.25) is 0 Å². The summed E-state index contributed by atoms with van der Waals surface area (Å²) in [5.74, 6) is 4.70. The zero-order valence-corrected chi connectivity index (χ0v) is 15.2. The van der Waals surface area contributed by atoms with E-state index in [-0.39, 0.29) is 0 Å². The molecule has 0 spiro atoms. The number of aliphatic hydroxyl groups is 1. The summed E-state index contributed by atoms with van der Waals surface area (Å²) >= 11 is 0. The van der Waals surface area contributed by atoms with Crippen molar-refractivity contribution in [2.45, 2.75) is 97.3 Å². The van der Waals surface area contributed by atoms with Gasteiger partial charge < -0.3 is 5.11 Å². The van der Waals surface area contributed by atoms with E-state index in [0.29, 0.717) is 6.61 Å². The first-order chi connectivity index (χ1) is 10.8. The van der Waals surface area contributed by atoms with Crippen LogP contribution in [0.15, 0.2) is 0 Å². The van der Waals surface area contributed by atoms with Crippen LogP contribution in [0.5, 0.6) is 0 Å². The van der Waals surface area contributed by atoms with E-state index in [4.69, 9.17) is 0 Å². The molecule has 0 bridgehead atoms. The molecular weight excluding hydrogens is 268 g/mol. The third-order valence-corrected chi connectivity index (χ3v) is 6.85. The molecule has 0 unspecified atom stereocenters. The fraction of sp³-hybridized carbons (Fsp3) is 1.00. The van der Waals surface area contributed by atoms with Crippen LogP contribution in [0.3, 0.4) is 0 Å². The molecule has 2 fully saturated rings. The molecular formula is C21H40O. The lowest BCUT2D eigenvalue weighted by Gasteiger charge is -2.41. The first kappa shape index (κ1) is 18.3. The number of hydrogen-bond donors (Lipinski definition) is 1. The normalized spacial score (nSPS) is 34.5. The highest BCUT2D eigenvalue weighted by atomic mass is 16.3. The molecule has 2 aliphatic rings. The first-order valence-corrected chi connectivity index (χ1v) is 10.4. The van der Waals surface area contributed by atoms with Crippen LogP contribution in [0.2, 0.25) is 0 Å². The van der Waals surface area contributed by atoms with Crippen molar-refractivity contribution in [3.8, 4) is 0 Å². The molecule has 2 aliphatic carbocycles. The number of aliphatic hydroxyl groups excluding tert-OH is 1. The van der Waals surface area contributed by atoms with E-state index in [1.807, 2.05) is 0 Å². The summed E-state index contributed by atoms with van der Waals surface area (Å²) in [5, 5.41) is 9.57. The SMILES string of the molecule is CCCC1CCC(C(CCO)C2CCC(CCC)CC2)CC1. The van der Waals surface area contributed by atoms with E-state index in [0.717, 1.165) is 36.0 Å². The molecule has 0 heterocycles. The monoisotopic (exact) mass is 308 g/mol. The minimum Gasteiger partial charge on any atom is -0.396 e. The van der Waals surface area contributed by atoms with E-state index in [9.17, 15) is 5.11 Å². The topological polar surface area (TPSA) is 20.2 Å². The molecule has 0 aliphatic heterocycles. The molecule has 0 amide bonds. The van der Waals surface area contributed by atoms with Crippen molar-refractivity contribution >= 4 is 0 Å². The van der Waals surface area contributed by atoms with Crippen molar-refractivity contribution < 1.29 is 5.11 Å². The van der Waals surface area contributed by atoms with Gasteiger partial charge in [-0.1, -0.05) is 65.2 Å². The van der Waals surface area contributed by atoms with Crippen molar-refractivity contribution in [3.63, 3.8) is 0 Å². The lowest BCUT2D eigenvalue weighted by Crippen LogP contribution is -2.31. The van der Waals surface area contributed by atoms with Gasteiger partial charge in [0.1, 0.15) is 0 Å². The van der Waals surface area contributed by atoms with E-state index >= 15 is 0 Å². The van der Waals surface area contributed by atoms with Gasteiger partial charge in [0.25, 0.3) is 0 Å². The summed E-state index contributed by atoms with van der Waals surface area (Å²) in [6.07, 6.45) is 18.3. The summed E-state index contributed by atoms with van der Waals surface area (Å²) < 4.78 is 0. The molecule has 1 nitrogen and oxygen atoms in total. The van der Waals surface area contributed by atoms with Gasteiger partial charge in [-0.3, -0.25) is 0 Å². The third kappa shape index (κ3) is 5.25. The summed E-state index contributed by atoms with van der Waals surface area (Å²) in [7, 11) is 0. The van der Waals surface area contributed by atoms with Crippen molar-refractivity contribution in [2.75, 3.05) is 6.61 Å². The molecule has 0 aromatic rings. The summed E-state index contributed by atoms with van der Waals surface area (Å²) in [6, 6.07) is 0. The molecule has 2 rings (SSSR count). The molecule has 0 saturated heterocycles. The first-order valence-electron chi connectivity index (χ1n) is 10.4. The summed E-state index contributed by atoms with van der Waals surface area (Å²) in [4.78, 5) is 0. The lowest BCUT2D eigenvalue weighted by atomic mass is 9.65. The van der Waals surface area contributed by atoms with Gasteiger partial charge in [0, 0.05) is 6.61 Å². The van der Waals surface area contributed by atoms with Gasteiger partial charge in [-0.05, 0) is 61.7 Å². The van der Waals surface area contributed by atoms with Crippen LogP contribution in [0.4, 0.5) is 0 Å². The lowest BCUT2D eigenvalue weighted by molar-refractivity contribution is 0.0859. The van der Waals surface area contributed by atoms with Crippen LogP contribution in [0, 0.1) is 29.6 Å². The fourth-order valence-corrected chi connectivity index (χ4v) is 5.63. The Kier molecular flexibility index (Phi) is 8.28. The van der Waals surface area contributed by atoms with E-state index in [2.05, 4.69) is 13.8 Å². The number of hydrogen-bond acceptors (Lipinski definition) is 1. The van der Waals surface area contributed by atoms with Crippen molar-refractivity contribution in [3.05, 3.63) is 0 Å². The van der Waals surface area contributed by atoms with Crippen LogP contribution in [-0.4, -0.2) is 11.7 Å². The van der Waals surface area contributed by atoms with Gasteiger partial charge in [0.05, 0.1) is 0 Å². The minimum absolute atomic E-state index is 0.411. The Morgan fingerprint density at radius 1 is 0.727 bits per heavy atom. The van der Waals surface area contributed by atoms with Crippen LogP contribution in [0.25, 0.3) is 0 Å². The maximum atomic E-state index is 9.57. The Morgan fingerprint density at radius 3 is 1.45 bits per heavy atom. The second-order valence-corrected chi connectivity index (χ2v) is 8.32. The highest BCUT2D eigenvalue weighted by Gasteiger charge is 2.34. The minimum atomic E-state index is 0.411. The van der Waals surface area contributed by atoms with Gasteiger partial charge in [-0.15, -0.1) is 0 Å². The maximum absolute atomic E-state index is 9.57. The van der Waals surface area contributed by atoms with Crippen LogP contribution in [-0.2, 0) is 0 Å².